The molecule has 0 bridgehead atoms. The lowest BCUT2D eigenvalue weighted by molar-refractivity contribution is 0.0725. The minimum Gasteiger partial charge on any atom is -0.339 e. The Labute approximate surface area is 140 Å². The van der Waals surface area contributed by atoms with Gasteiger partial charge in [0.1, 0.15) is 5.56 Å². The molecule has 2 heterocycles. The van der Waals surface area contributed by atoms with Crippen LogP contribution < -0.4 is 5.56 Å². The molecule has 1 unspecified atom stereocenters. The van der Waals surface area contributed by atoms with Gasteiger partial charge in [-0.3, -0.25) is 9.59 Å². The highest BCUT2D eigenvalue weighted by Crippen LogP contribution is 2.34. The molecular weight excluding hydrogens is 308 g/mol. The summed E-state index contributed by atoms with van der Waals surface area (Å²) in [5.41, 5.74) is -0.160. The van der Waals surface area contributed by atoms with Crippen molar-refractivity contribution in [3.8, 4) is 0 Å². The number of carbonyl (C=O) groups is 1. The minimum absolute atomic E-state index is 0.148. The first kappa shape index (κ1) is 16.4. The van der Waals surface area contributed by atoms with Crippen molar-refractivity contribution in [1.82, 2.24) is 19.6 Å². The molecule has 1 saturated carbocycles. The van der Waals surface area contributed by atoms with Crippen molar-refractivity contribution in [2.24, 2.45) is 5.92 Å². The van der Waals surface area contributed by atoms with Crippen molar-refractivity contribution < 1.29 is 9.32 Å². The van der Waals surface area contributed by atoms with Crippen LogP contribution in [0.3, 0.4) is 0 Å². The summed E-state index contributed by atoms with van der Waals surface area (Å²) >= 11 is 0. The smallest absolute Gasteiger partial charge is 0.263 e. The molecular formula is C17H22N4O3. The third-order valence-corrected chi connectivity index (χ3v) is 4.61. The number of carbonyl (C=O) groups excluding carboxylic acids is 1. The van der Waals surface area contributed by atoms with Gasteiger partial charge >= 0.3 is 0 Å². The highest BCUT2D eigenvalue weighted by Gasteiger charge is 2.33. The van der Waals surface area contributed by atoms with E-state index in [1.807, 2.05) is 13.8 Å². The summed E-state index contributed by atoms with van der Waals surface area (Å²) < 4.78 is 6.49. The van der Waals surface area contributed by atoms with Gasteiger partial charge in [-0.2, -0.15) is 4.98 Å². The Morgan fingerprint density at radius 1 is 1.50 bits per heavy atom. The zero-order valence-electron chi connectivity index (χ0n) is 14.2. The molecule has 1 amide bonds. The molecule has 3 rings (SSSR count). The zero-order chi connectivity index (χ0) is 17.3. The molecule has 24 heavy (non-hydrogen) atoms. The van der Waals surface area contributed by atoms with E-state index >= 15 is 0 Å². The van der Waals surface area contributed by atoms with Gasteiger partial charge in [-0.1, -0.05) is 12.1 Å². The number of pyridine rings is 1. The van der Waals surface area contributed by atoms with Crippen LogP contribution in [-0.2, 0) is 13.0 Å². The molecule has 0 N–H and O–H groups in total. The van der Waals surface area contributed by atoms with Crippen LogP contribution in [0.25, 0.3) is 0 Å². The van der Waals surface area contributed by atoms with E-state index in [9.17, 15) is 9.59 Å². The quantitative estimate of drug-likeness (QED) is 0.805. The first-order valence-electron chi connectivity index (χ1n) is 8.29. The third kappa shape index (κ3) is 3.25. The molecule has 1 aliphatic rings. The summed E-state index contributed by atoms with van der Waals surface area (Å²) in [5, 5.41) is 3.85. The highest BCUT2D eigenvalue weighted by atomic mass is 16.5. The minimum atomic E-state index is -0.333. The van der Waals surface area contributed by atoms with Crippen LogP contribution in [0.15, 0.2) is 27.6 Å². The fraction of sp³-hybridized carbons (Fsp3) is 0.529. The number of aromatic nitrogens is 3. The highest BCUT2D eigenvalue weighted by molar-refractivity contribution is 5.93. The van der Waals surface area contributed by atoms with E-state index in [1.54, 1.807) is 30.3 Å². The molecule has 0 aliphatic heterocycles. The molecule has 2 aromatic rings. The van der Waals surface area contributed by atoms with Crippen LogP contribution >= 0.6 is 0 Å². The molecule has 0 spiro atoms. The Morgan fingerprint density at radius 3 is 2.88 bits per heavy atom. The molecule has 1 aliphatic carbocycles. The Bertz CT molecular complexity index is 791. The summed E-state index contributed by atoms with van der Waals surface area (Å²) in [4.78, 5) is 31.2. The second kappa shape index (κ2) is 6.59. The molecule has 0 saturated heterocycles. The topological polar surface area (TPSA) is 81.2 Å². The molecule has 1 fully saturated rings. The van der Waals surface area contributed by atoms with E-state index in [-0.39, 0.29) is 29.6 Å². The maximum atomic E-state index is 12.7. The van der Waals surface area contributed by atoms with Crippen LogP contribution in [0.1, 0.15) is 48.8 Å². The number of aryl methyl sites for hydroxylation is 1. The summed E-state index contributed by atoms with van der Waals surface area (Å²) in [6.07, 6.45) is 4.57. The molecule has 2 aromatic heterocycles. The van der Waals surface area contributed by atoms with E-state index in [1.165, 1.54) is 4.57 Å². The largest absolute Gasteiger partial charge is 0.339 e. The van der Waals surface area contributed by atoms with Crippen molar-refractivity contribution >= 4 is 5.91 Å². The average Bonchev–Trinajstić information content (AvgIpc) is 3.34. The van der Waals surface area contributed by atoms with Gasteiger partial charge in [0.15, 0.2) is 5.82 Å². The SMILES string of the molecule is CCc1nc(Cn2cccc(C(=O)N(C)C(C)C3CC3)c2=O)no1. The summed E-state index contributed by atoms with van der Waals surface area (Å²) in [6.45, 7) is 4.13. The Morgan fingerprint density at radius 2 is 2.25 bits per heavy atom. The van der Waals surface area contributed by atoms with Crippen LogP contribution in [0.2, 0.25) is 0 Å². The van der Waals surface area contributed by atoms with Gasteiger partial charge in [0.2, 0.25) is 5.89 Å². The molecule has 7 nitrogen and oxygen atoms in total. The van der Waals surface area contributed by atoms with Crippen molar-refractivity contribution in [3.05, 3.63) is 46.0 Å². The summed E-state index contributed by atoms with van der Waals surface area (Å²) in [6, 6.07) is 3.42. The predicted octanol–water partition coefficient (Wildman–Crippen LogP) is 1.71. The normalized spacial score (nSPS) is 15.3. The average molecular weight is 330 g/mol. The van der Waals surface area contributed by atoms with Crippen LogP contribution in [0.4, 0.5) is 0 Å². The van der Waals surface area contributed by atoms with Gasteiger partial charge in [0, 0.05) is 25.7 Å². The summed E-state index contributed by atoms with van der Waals surface area (Å²) in [5.74, 6) is 1.27. The molecule has 1 atom stereocenters. The van der Waals surface area contributed by atoms with Crippen molar-refractivity contribution in [1.29, 1.82) is 0 Å². The second-order valence-electron chi connectivity index (χ2n) is 6.31. The lowest BCUT2D eigenvalue weighted by Gasteiger charge is -2.24. The standard InChI is InChI=1S/C17H22N4O3/c1-4-15-18-14(19-24-15)10-21-9-5-6-13(17(21)23)16(22)20(3)11(2)12-7-8-12/h5-6,9,11-12H,4,7-8,10H2,1-3H3. The van der Waals surface area contributed by atoms with E-state index in [4.69, 9.17) is 4.52 Å². The van der Waals surface area contributed by atoms with Crippen LogP contribution in [0, 0.1) is 5.92 Å². The Kier molecular flexibility index (Phi) is 4.51. The van der Waals surface area contributed by atoms with Gasteiger partial charge in [-0.25, -0.2) is 0 Å². The zero-order valence-corrected chi connectivity index (χ0v) is 14.2. The maximum Gasteiger partial charge on any atom is 0.263 e. The number of amides is 1. The van der Waals surface area contributed by atoms with Gasteiger partial charge in [-0.15, -0.1) is 0 Å². The predicted molar refractivity (Wildman–Crippen MR) is 87.8 cm³/mol. The van der Waals surface area contributed by atoms with Crippen molar-refractivity contribution in [2.75, 3.05) is 7.05 Å². The Hall–Kier alpha value is -2.44. The third-order valence-electron chi connectivity index (χ3n) is 4.61. The fourth-order valence-corrected chi connectivity index (χ4v) is 2.74. The summed E-state index contributed by atoms with van der Waals surface area (Å²) in [7, 11) is 1.76. The maximum absolute atomic E-state index is 12.7. The van der Waals surface area contributed by atoms with Gasteiger partial charge < -0.3 is 14.0 Å². The van der Waals surface area contributed by atoms with Crippen molar-refractivity contribution in [3.63, 3.8) is 0 Å². The van der Waals surface area contributed by atoms with Gasteiger partial charge in [0.05, 0.1) is 6.54 Å². The number of hydrogen-bond donors (Lipinski definition) is 0. The van der Waals surface area contributed by atoms with Crippen LogP contribution in [-0.4, -0.2) is 38.6 Å². The number of nitrogens with zero attached hydrogens (tertiary/aromatic N) is 4. The lowest BCUT2D eigenvalue weighted by atomic mass is 10.1. The van der Waals surface area contributed by atoms with Crippen molar-refractivity contribution in [2.45, 2.75) is 45.7 Å². The fourth-order valence-electron chi connectivity index (χ4n) is 2.74. The first-order valence-corrected chi connectivity index (χ1v) is 8.29. The molecule has 7 heteroatoms. The van der Waals surface area contributed by atoms with E-state index < -0.39 is 0 Å². The molecule has 0 aromatic carbocycles. The molecule has 0 radical (unpaired) electrons. The molecule has 128 valence electrons. The Balaban J connectivity index is 1.82. The van der Waals surface area contributed by atoms with Gasteiger partial charge in [0.25, 0.3) is 11.5 Å². The number of rotatable bonds is 6. The lowest BCUT2D eigenvalue weighted by Crippen LogP contribution is -2.40. The van der Waals surface area contributed by atoms with E-state index in [0.717, 1.165) is 12.8 Å². The first-order chi connectivity index (χ1) is 11.5. The second-order valence-corrected chi connectivity index (χ2v) is 6.31. The van der Waals surface area contributed by atoms with E-state index in [0.29, 0.717) is 24.1 Å². The van der Waals surface area contributed by atoms with E-state index in [2.05, 4.69) is 10.1 Å². The number of hydrogen-bond acceptors (Lipinski definition) is 5. The monoisotopic (exact) mass is 330 g/mol. The van der Waals surface area contributed by atoms with Crippen LogP contribution in [0.5, 0.6) is 0 Å². The van der Waals surface area contributed by atoms with Gasteiger partial charge in [-0.05, 0) is 37.8 Å².